The van der Waals surface area contributed by atoms with Gasteiger partial charge >= 0.3 is 5.97 Å². The van der Waals surface area contributed by atoms with Gasteiger partial charge in [0.2, 0.25) is 0 Å². The Morgan fingerprint density at radius 3 is 2.69 bits per heavy atom. The van der Waals surface area contributed by atoms with E-state index in [0.29, 0.717) is 18.9 Å². The fraction of sp³-hybridized carbons (Fsp3) is 0.917. The minimum Gasteiger partial charge on any atom is -0.462 e. The van der Waals surface area contributed by atoms with Crippen molar-refractivity contribution in [3.8, 4) is 0 Å². The molecule has 2 N–H and O–H groups in total. The lowest BCUT2D eigenvalue weighted by atomic mass is 10.1. The van der Waals surface area contributed by atoms with Crippen LogP contribution in [0.5, 0.6) is 0 Å². The predicted octanol–water partition coefficient (Wildman–Crippen LogP) is 0.999. The fourth-order valence-corrected chi connectivity index (χ4v) is 1.83. The van der Waals surface area contributed by atoms with Crippen LogP contribution in [0.4, 0.5) is 0 Å². The van der Waals surface area contributed by atoms with Gasteiger partial charge in [0.1, 0.15) is 6.10 Å². The number of piperidine rings is 1. The summed E-state index contributed by atoms with van der Waals surface area (Å²) in [4.78, 5) is 13.8. The summed E-state index contributed by atoms with van der Waals surface area (Å²) in [7, 11) is 2.10. The van der Waals surface area contributed by atoms with Gasteiger partial charge < -0.3 is 15.4 Å². The van der Waals surface area contributed by atoms with Crippen molar-refractivity contribution in [2.45, 2.75) is 38.7 Å². The van der Waals surface area contributed by atoms with Crippen molar-refractivity contribution >= 4 is 5.97 Å². The molecule has 1 saturated heterocycles. The van der Waals surface area contributed by atoms with Crippen LogP contribution >= 0.6 is 0 Å². The smallest absolute Gasteiger partial charge is 0.306 e. The summed E-state index contributed by atoms with van der Waals surface area (Å²) >= 11 is 0. The van der Waals surface area contributed by atoms with E-state index < -0.39 is 0 Å². The van der Waals surface area contributed by atoms with Gasteiger partial charge in [0.05, 0.1) is 0 Å². The number of carbonyl (C=O) groups excluding carboxylic acids is 1. The Hall–Kier alpha value is -0.610. The largest absolute Gasteiger partial charge is 0.462 e. The van der Waals surface area contributed by atoms with Crippen LogP contribution in [-0.4, -0.2) is 43.7 Å². The number of hydrogen-bond donors (Lipinski definition) is 1. The molecule has 0 bridgehead atoms. The maximum absolute atomic E-state index is 11.5. The van der Waals surface area contributed by atoms with E-state index in [1.807, 2.05) is 0 Å². The first-order valence-corrected chi connectivity index (χ1v) is 6.20. The predicted molar refractivity (Wildman–Crippen MR) is 64.1 cm³/mol. The zero-order valence-electron chi connectivity index (χ0n) is 10.4. The number of nitrogens with zero attached hydrogens (tertiary/aromatic N) is 1. The second-order valence-corrected chi connectivity index (χ2v) is 4.87. The SMILES string of the molecule is CC(CN)CCC(=O)OC1CCN(C)CC1. The zero-order chi connectivity index (χ0) is 12.0. The van der Waals surface area contributed by atoms with Crippen molar-refractivity contribution in [1.29, 1.82) is 0 Å². The van der Waals surface area contributed by atoms with E-state index >= 15 is 0 Å². The standard InChI is InChI=1S/C12H24N2O2/c1-10(9-13)3-4-12(15)16-11-5-7-14(2)8-6-11/h10-11H,3-9,13H2,1-2H3. The van der Waals surface area contributed by atoms with Crippen LogP contribution in [0, 0.1) is 5.92 Å². The van der Waals surface area contributed by atoms with Crippen molar-refractivity contribution < 1.29 is 9.53 Å². The molecular weight excluding hydrogens is 204 g/mol. The molecule has 1 rings (SSSR count). The van der Waals surface area contributed by atoms with Gasteiger partial charge in [0.15, 0.2) is 0 Å². The van der Waals surface area contributed by atoms with E-state index in [0.717, 1.165) is 32.4 Å². The Morgan fingerprint density at radius 2 is 2.12 bits per heavy atom. The van der Waals surface area contributed by atoms with Crippen LogP contribution in [0.3, 0.4) is 0 Å². The number of esters is 1. The van der Waals surface area contributed by atoms with Gasteiger partial charge in [-0.15, -0.1) is 0 Å². The normalized spacial score (nSPS) is 20.7. The molecule has 0 aromatic heterocycles. The van der Waals surface area contributed by atoms with Gasteiger partial charge in [-0.2, -0.15) is 0 Å². The zero-order valence-corrected chi connectivity index (χ0v) is 10.4. The van der Waals surface area contributed by atoms with Gasteiger partial charge in [-0.25, -0.2) is 0 Å². The molecule has 16 heavy (non-hydrogen) atoms. The maximum atomic E-state index is 11.5. The number of likely N-dealkylation sites (tertiary alicyclic amines) is 1. The Kier molecular flexibility index (Phi) is 5.77. The van der Waals surface area contributed by atoms with Crippen molar-refractivity contribution in [2.24, 2.45) is 11.7 Å². The van der Waals surface area contributed by atoms with E-state index in [-0.39, 0.29) is 12.1 Å². The highest BCUT2D eigenvalue weighted by molar-refractivity contribution is 5.69. The quantitative estimate of drug-likeness (QED) is 0.713. The van der Waals surface area contributed by atoms with Crippen LogP contribution < -0.4 is 5.73 Å². The van der Waals surface area contributed by atoms with Crippen molar-refractivity contribution in [1.82, 2.24) is 4.90 Å². The third kappa shape index (κ3) is 4.94. The summed E-state index contributed by atoms with van der Waals surface area (Å²) in [6, 6.07) is 0. The lowest BCUT2D eigenvalue weighted by Gasteiger charge is -2.28. The van der Waals surface area contributed by atoms with E-state index in [4.69, 9.17) is 10.5 Å². The first-order chi connectivity index (χ1) is 7.61. The minimum atomic E-state index is -0.0603. The highest BCUT2D eigenvalue weighted by Crippen LogP contribution is 2.14. The molecule has 1 atom stereocenters. The van der Waals surface area contributed by atoms with Gasteiger partial charge in [0, 0.05) is 19.5 Å². The highest BCUT2D eigenvalue weighted by atomic mass is 16.5. The Morgan fingerprint density at radius 1 is 1.50 bits per heavy atom. The molecule has 1 unspecified atom stereocenters. The summed E-state index contributed by atoms with van der Waals surface area (Å²) in [5, 5.41) is 0. The summed E-state index contributed by atoms with van der Waals surface area (Å²) in [6.45, 7) is 4.75. The molecule has 0 saturated carbocycles. The summed E-state index contributed by atoms with van der Waals surface area (Å²) in [6.07, 6.45) is 3.41. The Bertz CT molecular complexity index is 213. The van der Waals surface area contributed by atoms with Crippen LogP contribution in [0.2, 0.25) is 0 Å². The van der Waals surface area contributed by atoms with Gasteiger partial charge in [-0.05, 0) is 38.8 Å². The number of nitrogens with two attached hydrogens (primary N) is 1. The molecule has 4 heteroatoms. The molecule has 1 heterocycles. The summed E-state index contributed by atoms with van der Waals surface area (Å²) in [5.41, 5.74) is 5.50. The maximum Gasteiger partial charge on any atom is 0.306 e. The molecule has 4 nitrogen and oxygen atoms in total. The first kappa shape index (κ1) is 13.5. The van der Waals surface area contributed by atoms with Crippen LogP contribution in [-0.2, 0) is 9.53 Å². The molecule has 0 aromatic rings. The fourth-order valence-electron chi connectivity index (χ4n) is 1.83. The van der Waals surface area contributed by atoms with Gasteiger partial charge in [-0.3, -0.25) is 4.79 Å². The first-order valence-electron chi connectivity index (χ1n) is 6.20. The minimum absolute atomic E-state index is 0.0603. The topological polar surface area (TPSA) is 55.6 Å². The van der Waals surface area contributed by atoms with Crippen LogP contribution in [0.15, 0.2) is 0 Å². The molecule has 0 aliphatic carbocycles. The van der Waals surface area contributed by atoms with E-state index in [2.05, 4.69) is 18.9 Å². The molecule has 94 valence electrons. The average molecular weight is 228 g/mol. The molecule has 0 aromatic carbocycles. The van der Waals surface area contributed by atoms with E-state index in [1.165, 1.54) is 0 Å². The summed E-state index contributed by atoms with van der Waals surface area (Å²) in [5.74, 6) is 0.347. The van der Waals surface area contributed by atoms with Crippen molar-refractivity contribution in [3.05, 3.63) is 0 Å². The van der Waals surface area contributed by atoms with E-state index in [9.17, 15) is 4.79 Å². The molecule has 0 spiro atoms. The van der Waals surface area contributed by atoms with Gasteiger partial charge in [0.25, 0.3) is 0 Å². The number of hydrogen-bond acceptors (Lipinski definition) is 4. The molecular formula is C12H24N2O2. The average Bonchev–Trinajstić information content (AvgIpc) is 2.29. The second-order valence-electron chi connectivity index (χ2n) is 4.87. The van der Waals surface area contributed by atoms with Crippen molar-refractivity contribution in [3.63, 3.8) is 0 Å². The molecule has 1 aliphatic heterocycles. The van der Waals surface area contributed by atoms with Crippen molar-refractivity contribution in [2.75, 3.05) is 26.7 Å². The third-order valence-electron chi connectivity index (χ3n) is 3.21. The Balaban J connectivity index is 2.14. The second kappa shape index (κ2) is 6.86. The monoisotopic (exact) mass is 228 g/mol. The Labute approximate surface area is 98.1 Å². The number of carbonyl (C=O) groups is 1. The molecule has 0 radical (unpaired) electrons. The molecule has 1 fully saturated rings. The number of rotatable bonds is 5. The molecule has 1 aliphatic rings. The highest BCUT2D eigenvalue weighted by Gasteiger charge is 2.20. The lowest BCUT2D eigenvalue weighted by molar-refractivity contribution is -0.151. The summed E-state index contributed by atoms with van der Waals surface area (Å²) < 4.78 is 5.43. The van der Waals surface area contributed by atoms with Crippen LogP contribution in [0.25, 0.3) is 0 Å². The number of ether oxygens (including phenoxy) is 1. The van der Waals surface area contributed by atoms with E-state index in [1.54, 1.807) is 0 Å². The molecule has 0 amide bonds. The third-order valence-corrected chi connectivity index (χ3v) is 3.21. The van der Waals surface area contributed by atoms with Crippen LogP contribution in [0.1, 0.15) is 32.6 Å². The van der Waals surface area contributed by atoms with Gasteiger partial charge in [-0.1, -0.05) is 6.92 Å². The lowest BCUT2D eigenvalue weighted by Crippen LogP contribution is -2.35.